The first kappa shape index (κ1) is 16.6. The first-order chi connectivity index (χ1) is 10.1. The number of rotatable bonds is 6. The van der Waals surface area contributed by atoms with E-state index in [9.17, 15) is 4.79 Å². The van der Waals surface area contributed by atoms with Crippen molar-refractivity contribution in [3.05, 3.63) is 33.8 Å². The third-order valence-electron chi connectivity index (χ3n) is 4.08. The van der Waals surface area contributed by atoms with Gasteiger partial charge in [0.15, 0.2) is 0 Å². The number of hydrogen-bond acceptors (Lipinski definition) is 2. The smallest absolute Gasteiger partial charge is 0.221 e. The van der Waals surface area contributed by atoms with Gasteiger partial charge in [-0.3, -0.25) is 4.79 Å². The zero-order valence-corrected chi connectivity index (χ0v) is 13.7. The second-order valence-electron chi connectivity index (χ2n) is 5.75. The zero-order chi connectivity index (χ0) is 15.2. The summed E-state index contributed by atoms with van der Waals surface area (Å²) in [6, 6.07) is 5.81. The Morgan fingerprint density at radius 3 is 2.81 bits per heavy atom. The van der Waals surface area contributed by atoms with E-state index >= 15 is 0 Å². The van der Waals surface area contributed by atoms with E-state index < -0.39 is 0 Å². The molecule has 116 valence electrons. The SMILES string of the molecule is NC(=O)[C@@H]1CCCN(CCCCc2ccc(Cl)c(Cl)c2)C1. The van der Waals surface area contributed by atoms with Gasteiger partial charge >= 0.3 is 0 Å². The largest absolute Gasteiger partial charge is 0.369 e. The van der Waals surface area contributed by atoms with Crippen LogP contribution in [0.1, 0.15) is 31.2 Å². The molecule has 1 saturated heterocycles. The predicted octanol–water partition coefficient (Wildman–Crippen LogP) is 3.51. The molecule has 1 fully saturated rings. The first-order valence-corrected chi connectivity index (χ1v) is 8.27. The third-order valence-corrected chi connectivity index (χ3v) is 4.82. The summed E-state index contributed by atoms with van der Waals surface area (Å²) in [5.74, 6) is -0.121. The molecule has 0 spiro atoms. The number of piperidine rings is 1. The van der Waals surface area contributed by atoms with Crippen LogP contribution in [0.4, 0.5) is 0 Å². The number of benzene rings is 1. The van der Waals surface area contributed by atoms with E-state index in [2.05, 4.69) is 4.90 Å². The maximum Gasteiger partial charge on any atom is 0.221 e. The van der Waals surface area contributed by atoms with Gasteiger partial charge in [-0.05, 0) is 62.9 Å². The van der Waals surface area contributed by atoms with Crippen molar-refractivity contribution in [1.82, 2.24) is 4.90 Å². The van der Waals surface area contributed by atoms with Crippen molar-refractivity contribution < 1.29 is 4.79 Å². The van der Waals surface area contributed by atoms with Gasteiger partial charge in [0.25, 0.3) is 0 Å². The van der Waals surface area contributed by atoms with Crippen molar-refractivity contribution in [3.63, 3.8) is 0 Å². The minimum absolute atomic E-state index is 0.0359. The van der Waals surface area contributed by atoms with Crippen LogP contribution >= 0.6 is 23.2 Å². The Labute approximate surface area is 136 Å². The predicted molar refractivity (Wildman–Crippen MR) is 87.8 cm³/mol. The number of amides is 1. The first-order valence-electron chi connectivity index (χ1n) is 7.52. The van der Waals surface area contributed by atoms with Crippen LogP contribution in [0.15, 0.2) is 18.2 Å². The molecule has 0 aliphatic carbocycles. The number of likely N-dealkylation sites (tertiary alicyclic amines) is 1. The summed E-state index contributed by atoms with van der Waals surface area (Å²) in [6.45, 7) is 2.93. The van der Waals surface area contributed by atoms with Gasteiger partial charge in [-0.15, -0.1) is 0 Å². The van der Waals surface area contributed by atoms with Crippen molar-refractivity contribution in [3.8, 4) is 0 Å². The fraction of sp³-hybridized carbons (Fsp3) is 0.562. The maximum atomic E-state index is 11.2. The van der Waals surface area contributed by atoms with E-state index in [-0.39, 0.29) is 11.8 Å². The van der Waals surface area contributed by atoms with Crippen LogP contribution < -0.4 is 5.73 Å². The second kappa shape index (κ2) is 8.02. The molecule has 3 nitrogen and oxygen atoms in total. The van der Waals surface area contributed by atoms with E-state index in [1.807, 2.05) is 18.2 Å². The molecule has 5 heteroatoms. The molecule has 0 unspecified atom stereocenters. The number of aryl methyl sites for hydroxylation is 1. The normalized spacial score (nSPS) is 19.6. The zero-order valence-electron chi connectivity index (χ0n) is 12.2. The number of nitrogens with two attached hydrogens (primary N) is 1. The minimum Gasteiger partial charge on any atom is -0.369 e. The number of hydrogen-bond donors (Lipinski definition) is 1. The Hall–Kier alpha value is -0.770. The molecule has 2 rings (SSSR count). The molecule has 1 heterocycles. The average Bonchev–Trinajstić information content (AvgIpc) is 2.47. The lowest BCUT2D eigenvalue weighted by molar-refractivity contribution is -0.123. The van der Waals surface area contributed by atoms with Crippen molar-refractivity contribution in [2.24, 2.45) is 11.7 Å². The molecule has 1 aliphatic rings. The van der Waals surface area contributed by atoms with Gasteiger partial charge in [-0.2, -0.15) is 0 Å². The second-order valence-corrected chi connectivity index (χ2v) is 6.56. The van der Waals surface area contributed by atoms with E-state index in [1.54, 1.807) is 0 Å². The summed E-state index contributed by atoms with van der Waals surface area (Å²) < 4.78 is 0. The van der Waals surface area contributed by atoms with Crippen LogP contribution in [0.2, 0.25) is 10.0 Å². The average molecular weight is 329 g/mol. The van der Waals surface area contributed by atoms with Gasteiger partial charge in [-0.1, -0.05) is 29.3 Å². The Balaban J connectivity index is 1.69. The molecular formula is C16H22Cl2N2O. The van der Waals surface area contributed by atoms with Gasteiger partial charge in [0.2, 0.25) is 5.91 Å². The van der Waals surface area contributed by atoms with Gasteiger partial charge in [0.1, 0.15) is 0 Å². The molecule has 1 aromatic carbocycles. The molecule has 0 aromatic heterocycles. The summed E-state index contributed by atoms with van der Waals surface area (Å²) in [5.41, 5.74) is 6.62. The molecule has 2 N–H and O–H groups in total. The van der Waals surface area contributed by atoms with Crippen molar-refractivity contribution in [2.45, 2.75) is 32.1 Å². The van der Waals surface area contributed by atoms with Crippen LogP contribution in [0.3, 0.4) is 0 Å². The van der Waals surface area contributed by atoms with Gasteiger partial charge < -0.3 is 10.6 Å². The van der Waals surface area contributed by atoms with Crippen LogP contribution in [-0.2, 0) is 11.2 Å². The Morgan fingerprint density at radius 1 is 1.29 bits per heavy atom. The maximum absolute atomic E-state index is 11.2. The van der Waals surface area contributed by atoms with Gasteiger partial charge in [0.05, 0.1) is 16.0 Å². The lowest BCUT2D eigenvalue weighted by Crippen LogP contribution is -2.41. The monoisotopic (exact) mass is 328 g/mol. The molecule has 0 bridgehead atoms. The van der Waals surface area contributed by atoms with Gasteiger partial charge in [0, 0.05) is 6.54 Å². The number of primary amides is 1. The molecule has 1 aromatic rings. The molecular weight excluding hydrogens is 307 g/mol. The summed E-state index contributed by atoms with van der Waals surface area (Å²) >= 11 is 11.9. The lowest BCUT2D eigenvalue weighted by Gasteiger charge is -2.31. The summed E-state index contributed by atoms with van der Waals surface area (Å²) in [7, 11) is 0. The molecule has 0 saturated carbocycles. The Kier molecular flexibility index (Phi) is 6.34. The third kappa shape index (κ3) is 5.17. The van der Waals surface area contributed by atoms with Crippen molar-refractivity contribution in [2.75, 3.05) is 19.6 Å². The highest BCUT2D eigenvalue weighted by atomic mass is 35.5. The summed E-state index contributed by atoms with van der Waals surface area (Å²) in [4.78, 5) is 13.6. The van der Waals surface area contributed by atoms with Crippen LogP contribution in [-0.4, -0.2) is 30.4 Å². The highest BCUT2D eigenvalue weighted by Crippen LogP contribution is 2.23. The van der Waals surface area contributed by atoms with Crippen LogP contribution in [0, 0.1) is 5.92 Å². The standard InChI is InChI=1S/C16H22Cl2N2O/c17-14-7-6-12(10-15(14)18)4-1-2-8-20-9-3-5-13(11-20)16(19)21/h6-7,10,13H,1-5,8-9,11H2,(H2,19,21)/t13-/m1/s1. The highest BCUT2D eigenvalue weighted by Gasteiger charge is 2.23. The molecule has 1 atom stereocenters. The van der Waals surface area contributed by atoms with E-state index in [4.69, 9.17) is 28.9 Å². The van der Waals surface area contributed by atoms with Crippen molar-refractivity contribution >= 4 is 29.1 Å². The summed E-state index contributed by atoms with van der Waals surface area (Å²) in [5, 5.41) is 1.22. The Bertz CT molecular complexity index is 493. The number of unbranched alkanes of at least 4 members (excludes halogenated alkanes) is 1. The number of halogens is 2. The van der Waals surface area contributed by atoms with E-state index in [0.29, 0.717) is 10.0 Å². The summed E-state index contributed by atoms with van der Waals surface area (Å²) in [6.07, 6.45) is 5.24. The van der Waals surface area contributed by atoms with Crippen LogP contribution in [0.25, 0.3) is 0 Å². The number of carbonyl (C=O) groups is 1. The quantitative estimate of drug-likeness (QED) is 0.812. The molecule has 21 heavy (non-hydrogen) atoms. The minimum atomic E-state index is -0.157. The molecule has 1 amide bonds. The van der Waals surface area contributed by atoms with E-state index in [1.165, 1.54) is 5.56 Å². The van der Waals surface area contributed by atoms with Gasteiger partial charge in [-0.25, -0.2) is 0 Å². The van der Waals surface area contributed by atoms with E-state index in [0.717, 1.165) is 51.7 Å². The fourth-order valence-electron chi connectivity index (χ4n) is 2.85. The highest BCUT2D eigenvalue weighted by molar-refractivity contribution is 6.42. The lowest BCUT2D eigenvalue weighted by atomic mass is 9.97. The van der Waals surface area contributed by atoms with Crippen molar-refractivity contribution in [1.29, 1.82) is 0 Å². The number of carbonyl (C=O) groups excluding carboxylic acids is 1. The topological polar surface area (TPSA) is 46.3 Å². The Morgan fingerprint density at radius 2 is 2.10 bits per heavy atom. The van der Waals surface area contributed by atoms with Crippen LogP contribution in [0.5, 0.6) is 0 Å². The molecule has 0 radical (unpaired) electrons. The molecule has 1 aliphatic heterocycles. The fourth-order valence-corrected chi connectivity index (χ4v) is 3.17. The number of nitrogens with zero attached hydrogens (tertiary/aromatic N) is 1.